The summed E-state index contributed by atoms with van der Waals surface area (Å²) in [7, 11) is -3.62. The maximum atomic E-state index is 12.1. The van der Waals surface area contributed by atoms with Crippen LogP contribution >= 0.6 is 15.9 Å². The first-order valence-corrected chi connectivity index (χ1v) is 9.13. The molecule has 1 amide bonds. The lowest BCUT2D eigenvalue weighted by Crippen LogP contribution is -2.28. The van der Waals surface area contributed by atoms with Crippen molar-refractivity contribution in [3.05, 3.63) is 52.6 Å². The van der Waals surface area contributed by atoms with E-state index in [9.17, 15) is 13.2 Å². The molecule has 2 rings (SSSR count). The molecule has 0 bridgehead atoms. The molecule has 0 unspecified atom stereocenters. The van der Waals surface area contributed by atoms with Crippen LogP contribution in [0.4, 0.5) is 5.82 Å². The first kappa shape index (κ1) is 17.6. The second kappa shape index (κ2) is 7.67. The van der Waals surface area contributed by atoms with Crippen LogP contribution in [0.2, 0.25) is 0 Å². The van der Waals surface area contributed by atoms with Gasteiger partial charge in [0.25, 0.3) is 0 Å². The maximum absolute atomic E-state index is 12.1. The molecule has 0 aliphatic carbocycles. The van der Waals surface area contributed by atoms with Gasteiger partial charge in [-0.3, -0.25) is 4.79 Å². The largest absolute Gasteiger partial charge is 0.310 e. The number of hydrogen-bond donors (Lipinski definition) is 2. The highest BCUT2D eigenvalue weighted by molar-refractivity contribution is 9.10. The minimum atomic E-state index is -3.62. The molecule has 23 heavy (non-hydrogen) atoms. The molecule has 8 heteroatoms. The number of amides is 1. The highest BCUT2D eigenvalue weighted by Crippen LogP contribution is 2.14. The number of hydrogen-bond acceptors (Lipinski definition) is 4. The van der Waals surface area contributed by atoms with E-state index >= 15 is 0 Å². The van der Waals surface area contributed by atoms with Gasteiger partial charge in [-0.2, -0.15) is 0 Å². The number of rotatable bonds is 6. The summed E-state index contributed by atoms with van der Waals surface area (Å²) in [6.07, 6.45) is 1.60. The molecule has 0 aliphatic heterocycles. The minimum absolute atomic E-state index is 0.0100. The van der Waals surface area contributed by atoms with Crippen LogP contribution in [0.5, 0.6) is 0 Å². The molecular formula is C15H16BrN3O3S. The van der Waals surface area contributed by atoms with Gasteiger partial charge in [-0.25, -0.2) is 18.1 Å². The zero-order valence-electron chi connectivity index (χ0n) is 12.4. The summed E-state index contributed by atoms with van der Waals surface area (Å²) in [5, 5.41) is 2.65. The van der Waals surface area contributed by atoms with Gasteiger partial charge in [-0.1, -0.05) is 22.0 Å². The van der Waals surface area contributed by atoms with Crippen molar-refractivity contribution in [2.75, 3.05) is 11.9 Å². The van der Waals surface area contributed by atoms with E-state index in [0.717, 1.165) is 10.0 Å². The predicted molar refractivity (Wildman–Crippen MR) is 91.6 cm³/mol. The van der Waals surface area contributed by atoms with Crippen molar-refractivity contribution in [2.24, 2.45) is 0 Å². The molecule has 2 N–H and O–H groups in total. The van der Waals surface area contributed by atoms with Crippen molar-refractivity contribution in [1.29, 1.82) is 0 Å². The van der Waals surface area contributed by atoms with Crippen LogP contribution in [-0.2, 0) is 14.8 Å². The zero-order chi connectivity index (χ0) is 16.9. The Morgan fingerprint density at radius 2 is 1.91 bits per heavy atom. The Morgan fingerprint density at radius 1 is 1.22 bits per heavy atom. The lowest BCUT2D eigenvalue weighted by Gasteiger charge is -2.08. The van der Waals surface area contributed by atoms with Crippen LogP contribution < -0.4 is 10.0 Å². The van der Waals surface area contributed by atoms with Gasteiger partial charge in [0.1, 0.15) is 5.82 Å². The van der Waals surface area contributed by atoms with Gasteiger partial charge in [0.2, 0.25) is 15.9 Å². The number of aromatic nitrogens is 1. The number of halogens is 1. The molecule has 1 heterocycles. The monoisotopic (exact) mass is 397 g/mol. The van der Waals surface area contributed by atoms with Gasteiger partial charge in [0.05, 0.1) is 4.90 Å². The van der Waals surface area contributed by atoms with Crippen molar-refractivity contribution in [1.82, 2.24) is 9.71 Å². The molecule has 122 valence electrons. The van der Waals surface area contributed by atoms with E-state index in [4.69, 9.17) is 0 Å². The molecule has 0 fully saturated rings. The smallest absolute Gasteiger partial charge is 0.240 e. The Balaban J connectivity index is 1.88. The number of pyridine rings is 1. The normalized spacial score (nSPS) is 11.2. The van der Waals surface area contributed by atoms with Gasteiger partial charge in [-0.15, -0.1) is 0 Å². The molecule has 6 nitrogen and oxygen atoms in total. The number of sulfonamides is 1. The number of aryl methyl sites for hydroxylation is 1. The third-order valence-electron chi connectivity index (χ3n) is 3.04. The minimum Gasteiger partial charge on any atom is -0.310 e. The van der Waals surface area contributed by atoms with E-state index in [1.54, 1.807) is 24.4 Å². The number of nitrogens with one attached hydrogen (secondary N) is 2. The van der Waals surface area contributed by atoms with E-state index in [-0.39, 0.29) is 23.8 Å². The van der Waals surface area contributed by atoms with Crippen LogP contribution in [0.25, 0.3) is 0 Å². The summed E-state index contributed by atoms with van der Waals surface area (Å²) < 4.78 is 27.3. The van der Waals surface area contributed by atoms with Crippen molar-refractivity contribution >= 4 is 37.7 Å². The number of anilines is 1. The molecule has 0 spiro atoms. The number of nitrogens with zero attached hydrogens (tertiary/aromatic N) is 1. The Labute approximate surface area is 143 Å². The highest BCUT2D eigenvalue weighted by Gasteiger charge is 2.14. The Hall–Kier alpha value is -1.77. The number of benzene rings is 1. The quantitative estimate of drug-likeness (QED) is 0.783. The van der Waals surface area contributed by atoms with Crippen LogP contribution in [0.3, 0.4) is 0 Å². The van der Waals surface area contributed by atoms with Crippen LogP contribution in [0.1, 0.15) is 12.0 Å². The average molecular weight is 398 g/mol. The first-order valence-electron chi connectivity index (χ1n) is 6.85. The van der Waals surface area contributed by atoms with Gasteiger partial charge < -0.3 is 5.32 Å². The van der Waals surface area contributed by atoms with E-state index < -0.39 is 10.0 Å². The van der Waals surface area contributed by atoms with Crippen molar-refractivity contribution in [3.63, 3.8) is 0 Å². The van der Waals surface area contributed by atoms with E-state index in [1.165, 1.54) is 12.1 Å². The summed E-state index contributed by atoms with van der Waals surface area (Å²) in [6, 6.07) is 9.87. The first-order chi connectivity index (χ1) is 10.9. The van der Waals surface area contributed by atoms with E-state index in [1.807, 2.05) is 13.0 Å². The van der Waals surface area contributed by atoms with Crippen LogP contribution in [-0.4, -0.2) is 25.9 Å². The molecule has 0 saturated carbocycles. The maximum Gasteiger partial charge on any atom is 0.240 e. The van der Waals surface area contributed by atoms with E-state index in [0.29, 0.717) is 5.82 Å². The SMILES string of the molecule is Cc1cccnc1NC(=O)CCNS(=O)(=O)c1ccc(Br)cc1. The number of carbonyl (C=O) groups excluding carboxylic acids is 1. The topological polar surface area (TPSA) is 88.2 Å². The summed E-state index contributed by atoms with van der Waals surface area (Å²) in [5.74, 6) is 0.179. The van der Waals surface area contributed by atoms with Crippen molar-refractivity contribution in [3.8, 4) is 0 Å². The highest BCUT2D eigenvalue weighted by atomic mass is 79.9. The van der Waals surface area contributed by atoms with Gasteiger partial charge in [-0.05, 0) is 42.8 Å². The lowest BCUT2D eigenvalue weighted by atomic mass is 10.3. The van der Waals surface area contributed by atoms with Gasteiger partial charge in [0, 0.05) is 23.6 Å². The average Bonchev–Trinajstić information content (AvgIpc) is 2.50. The van der Waals surface area contributed by atoms with Crippen molar-refractivity contribution < 1.29 is 13.2 Å². The molecule has 0 radical (unpaired) electrons. The molecule has 0 saturated heterocycles. The third kappa shape index (κ3) is 5.12. The Bertz CT molecular complexity index is 792. The summed E-state index contributed by atoms with van der Waals surface area (Å²) in [4.78, 5) is 16.0. The summed E-state index contributed by atoms with van der Waals surface area (Å²) in [6.45, 7) is 1.84. The molecule has 1 aromatic carbocycles. The standard InChI is InChI=1S/C15H16BrN3O3S/c1-11-3-2-9-17-15(11)19-14(20)8-10-18-23(21,22)13-6-4-12(16)5-7-13/h2-7,9,18H,8,10H2,1H3,(H,17,19,20). The summed E-state index contributed by atoms with van der Waals surface area (Å²) >= 11 is 3.25. The van der Waals surface area contributed by atoms with E-state index in [2.05, 4.69) is 31.0 Å². The fraction of sp³-hybridized carbons (Fsp3) is 0.200. The lowest BCUT2D eigenvalue weighted by molar-refractivity contribution is -0.116. The van der Waals surface area contributed by atoms with Gasteiger partial charge >= 0.3 is 0 Å². The number of carbonyl (C=O) groups is 1. The Morgan fingerprint density at radius 3 is 2.57 bits per heavy atom. The van der Waals surface area contributed by atoms with Gasteiger partial charge in [0.15, 0.2) is 0 Å². The second-order valence-corrected chi connectivity index (χ2v) is 7.50. The molecule has 1 aromatic heterocycles. The molecule has 2 aromatic rings. The third-order valence-corrected chi connectivity index (χ3v) is 5.04. The fourth-order valence-electron chi connectivity index (χ4n) is 1.81. The fourth-order valence-corrected chi connectivity index (χ4v) is 3.10. The predicted octanol–water partition coefficient (Wildman–Crippen LogP) is 2.46. The molecule has 0 atom stereocenters. The zero-order valence-corrected chi connectivity index (χ0v) is 14.8. The summed E-state index contributed by atoms with van der Waals surface area (Å²) in [5.41, 5.74) is 0.844. The van der Waals surface area contributed by atoms with Crippen LogP contribution in [0, 0.1) is 6.92 Å². The Kier molecular flexibility index (Phi) is 5.86. The van der Waals surface area contributed by atoms with Crippen LogP contribution in [0.15, 0.2) is 52.0 Å². The van der Waals surface area contributed by atoms with Crippen molar-refractivity contribution in [2.45, 2.75) is 18.2 Å². The molecular weight excluding hydrogens is 382 g/mol. The molecule has 0 aliphatic rings. The second-order valence-electron chi connectivity index (χ2n) is 4.82.